The molecule has 17 heavy (non-hydrogen) atoms. The minimum absolute atomic E-state index is 0.114. The summed E-state index contributed by atoms with van der Waals surface area (Å²) in [6.07, 6.45) is 0. The van der Waals surface area contributed by atoms with Gasteiger partial charge in [-0.15, -0.1) is 0 Å². The van der Waals surface area contributed by atoms with E-state index in [1.54, 1.807) is 0 Å². The van der Waals surface area contributed by atoms with Gasteiger partial charge in [-0.1, -0.05) is 18.2 Å². The highest BCUT2D eigenvalue weighted by molar-refractivity contribution is 5.22. The summed E-state index contributed by atoms with van der Waals surface area (Å²) in [5.41, 5.74) is 5.51. The second-order valence-corrected chi connectivity index (χ2v) is 3.20. The van der Waals surface area contributed by atoms with E-state index in [-0.39, 0.29) is 18.6 Å². The second kappa shape index (κ2) is 5.11. The first kappa shape index (κ1) is 11.1. The molecule has 88 valence electrons. The highest BCUT2D eigenvalue weighted by Gasteiger charge is 2.05. The van der Waals surface area contributed by atoms with Crippen molar-refractivity contribution in [2.75, 3.05) is 12.8 Å². The van der Waals surface area contributed by atoms with Crippen LogP contribution in [0.3, 0.4) is 0 Å². The Balaban J connectivity index is 2.06. The number of nitrogens with zero attached hydrogens (tertiary/aromatic N) is 3. The van der Waals surface area contributed by atoms with E-state index in [2.05, 4.69) is 15.0 Å². The quantitative estimate of drug-likeness (QED) is 0.848. The number of anilines is 1. The molecule has 0 spiro atoms. The number of aromatic nitrogens is 3. The summed E-state index contributed by atoms with van der Waals surface area (Å²) in [4.78, 5) is 11.8. The maximum Gasteiger partial charge on any atom is 0.321 e. The summed E-state index contributed by atoms with van der Waals surface area (Å²) in [5.74, 6) is 1.28. The Morgan fingerprint density at radius 2 is 1.88 bits per heavy atom. The van der Waals surface area contributed by atoms with Gasteiger partial charge in [0.1, 0.15) is 12.4 Å². The molecule has 2 aromatic rings. The van der Waals surface area contributed by atoms with Gasteiger partial charge in [-0.25, -0.2) is 0 Å². The smallest absolute Gasteiger partial charge is 0.321 e. The van der Waals surface area contributed by atoms with Crippen molar-refractivity contribution in [3.8, 4) is 11.8 Å². The Morgan fingerprint density at radius 3 is 2.59 bits per heavy atom. The standard InChI is InChI=1S/C11H12N4O2/c1-16-11-14-9(13-10(12)15-11)7-17-8-5-3-2-4-6-8/h2-6H,7H2,1H3,(H2,12,13,14,15). The molecule has 0 fully saturated rings. The van der Waals surface area contributed by atoms with Crippen LogP contribution in [0.2, 0.25) is 0 Å². The van der Waals surface area contributed by atoms with Crippen LogP contribution < -0.4 is 15.2 Å². The molecule has 0 unspecified atom stereocenters. The Hall–Kier alpha value is -2.37. The van der Waals surface area contributed by atoms with Crippen LogP contribution in [-0.2, 0) is 6.61 Å². The number of hydrogen-bond donors (Lipinski definition) is 1. The van der Waals surface area contributed by atoms with Gasteiger partial charge in [-0.05, 0) is 12.1 Å². The number of nitrogen functional groups attached to an aromatic ring is 1. The Kier molecular flexibility index (Phi) is 3.34. The number of methoxy groups -OCH3 is 1. The van der Waals surface area contributed by atoms with Crippen molar-refractivity contribution < 1.29 is 9.47 Å². The zero-order chi connectivity index (χ0) is 12.1. The van der Waals surface area contributed by atoms with E-state index in [1.165, 1.54) is 7.11 Å². The van der Waals surface area contributed by atoms with Gasteiger partial charge in [0, 0.05) is 0 Å². The third-order valence-electron chi connectivity index (χ3n) is 1.97. The van der Waals surface area contributed by atoms with Crippen molar-refractivity contribution in [1.82, 2.24) is 15.0 Å². The minimum Gasteiger partial charge on any atom is -0.486 e. The van der Waals surface area contributed by atoms with Crippen LogP contribution in [0.4, 0.5) is 5.95 Å². The fourth-order valence-corrected chi connectivity index (χ4v) is 1.24. The predicted octanol–water partition coefficient (Wildman–Crippen LogP) is 1.04. The van der Waals surface area contributed by atoms with Gasteiger partial charge in [-0.3, -0.25) is 0 Å². The highest BCUT2D eigenvalue weighted by Crippen LogP contribution is 2.11. The van der Waals surface area contributed by atoms with E-state index in [0.29, 0.717) is 5.82 Å². The first-order chi connectivity index (χ1) is 8.28. The van der Waals surface area contributed by atoms with Crippen LogP contribution in [0, 0.1) is 0 Å². The molecule has 2 N–H and O–H groups in total. The third kappa shape index (κ3) is 3.04. The van der Waals surface area contributed by atoms with Crippen molar-refractivity contribution >= 4 is 5.95 Å². The molecule has 1 heterocycles. The number of para-hydroxylation sites is 1. The molecule has 1 aromatic carbocycles. The molecule has 0 aliphatic heterocycles. The van der Waals surface area contributed by atoms with E-state index in [0.717, 1.165) is 5.75 Å². The molecule has 0 aliphatic rings. The zero-order valence-electron chi connectivity index (χ0n) is 9.33. The number of rotatable bonds is 4. The summed E-state index contributed by atoms with van der Waals surface area (Å²) < 4.78 is 10.4. The lowest BCUT2D eigenvalue weighted by Gasteiger charge is -2.06. The molecule has 6 nitrogen and oxygen atoms in total. The van der Waals surface area contributed by atoms with Gasteiger partial charge < -0.3 is 15.2 Å². The molecular weight excluding hydrogens is 220 g/mol. The Morgan fingerprint density at radius 1 is 1.12 bits per heavy atom. The first-order valence-electron chi connectivity index (χ1n) is 5.00. The molecule has 1 aromatic heterocycles. The Labute approximate surface area is 98.4 Å². The van der Waals surface area contributed by atoms with E-state index in [1.807, 2.05) is 30.3 Å². The van der Waals surface area contributed by atoms with Crippen molar-refractivity contribution in [2.24, 2.45) is 0 Å². The van der Waals surface area contributed by atoms with E-state index in [9.17, 15) is 0 Å². The average Bonchev–Trinajstić information content (AvgIpc) is 2.37. The van der Waals surface area contributed by atoms with Gasteiger partial charge in [-0.2, -0.15) is 15.0 Å². The molecule has 2 rings (SSSR count). The molecule has 0 saturated heterocycles. The summed E-state index contributed by atoms with van der Waals surface area (Å²) in [5, 5.41) is 0. The molecule has 0 saturated carbocycles. The predicted molar refractivity (Wildman–Crippen MR) is 61.6 cm³/mol. The lowest BCUT2D eigenvalue weighted by molar-refractivity contribution is 0.290. The number of nitrogens with two attached hydrogens (primary N) is 1. The van der Waals surface area contributed by atoms with Crippen LogP contribution in [0.25, 0.3) is 0 Å². The molecular formula is C11H12N4O2. The average molecular weight is 232 g/mol. The largest absolute Gasteiger partial charge is 0.486 e. The number of hydrogen-bond acceptors (Lipinski definition) is 6. The van der Waals surface area contributed by atoms with Crippen molar-refractivity contribution in [2.45, 2.75) is 6.61 Å². The number of ether oxygens (including phenoxy) is 2. The van der Waals surface area contributed by atoms with E-state index in [4.69, 9.17) is 15.2 Å². The first-order valence-corrected chi connectivity index (χ1v) is 5.00. The normalized spacial score (nSPS) is 9.94. The van der Waals surface area contributed by atoms with Crippen LogP contribution in [0.15, 0.2) is 30.3 Å². The Bertz CT molecular complexity index is 490. The van der Waals surface area contributed by atoms with Gasteiger partial charge in [0.2, 0.25) is 5.95 Å². The van der Waals surface area contributed by atoms with Gasteiger partial charge in [0.25, 0.3) is 0 Å². The second-order valence-electron chi connectivity index (χ2n) is 3.20. The van der Waals surface area contributed by atoms with Gasteiger partial charge in [0.15, 0.2) is 5.82 Å². The lowest BCUT2D eigenvalue weighted by atomic mass is 10.3. The molecule has 0 atom stereocenters. The summed E-state index contributed by atoms with van der Waals surface area (Å²) >= 11 is 0. The molecule has 0 radical (unpaired) electrons. The maximum atomic E-state index is 5.51. The molecule has 0 aliphatic carbocycles. The highest BCUT2D eigenvalue weighted by atomic mass is 16.5. The van der Waals surface area contributed by atoms with Crippen molar-refractivity contribution in [3.63, 3.8) is 0 Å². The minimum atomic E-state index is 0.114. The topological polar surface area (TPSA) is 83.2 Å². The zero-order valence-corrected chi connectivity index (χ0v) is 9.33. The lowest BCUT2D eigenvalue weighted by Crippen LogP contribution is -2.07. The van der Waals surface area contributed by atoms with Crippen molar-refractivity contribution in [1.29, 1.82) is 0 Å². The molecule has 0 amide bonds. The summed E-state index contributed by atoms with van der Waals surface area (Å²) in [7, 11) is 1.47. The van der Waals surface area contributed by atoms with Crippen LogP contribution in [0.1, 0.15) is 5.82 Å². The SMILES string of the molecule is COc1nc(N)nc(COc2ccccc2)n1. The van der Waals surface area contributed by atoms with E-state index < -0.39 is 0 Å². The maximum absolute atomic E-state index is 5.51. The summed E-state index contributed by atoms with van der Waals surface area (Å²) in [6.45, 7) is 0.215. The number of benzene rings is 1. The van der Waals surface area contributed by atoms with Crippen molar-refractivity contribution in [3.05, 3.63) is 36.2 Å². The fraction of sp³-hybridized carbons (Fsp3) is 0.182. The van der Waals surface area contributed by atoms with Gasteiger partial charge in [0.05, 0.1) is 7.11 Å². The van der Waals surface area contributed by atoms with Crippen LogP contribution >= 0.6 is 0 Å². The fourth-order valence-electron chi connectivity index (χ4n) is 1.24. The summed E-state index contributed by atoms with van der Waals surface area (Å²) in [6, 6.07) is 9.57. The molecule has 0 bridgehead atoms. The molecule has 6 heteroatoms. The van der Waals surface area contributed by atoms with Crippen LogP contribution in [0.5, 0.6) is 11.8 Å². The monoisotopic (exact) mass is 232 g/mol. The third-order valence-corrected chi connectivity index (χ3v) is 1.97. The van der Waals surface area contributed by atoms with Gasteiger partial charge >= 0.3 is 6.01 Å². The van der Waals surface area contributed by atoms with Crippen LogP contribution in [-0.4, -0.2) is 22.1 Å². The van der Waals surface area contributed by atoms with E-state index >= 15 is 0 Å².